The Hall–Kier alpha value is -1.73. The number of nitrogens with zero attached hydrogens (tertiary/aromatic N) is 3. The Morgan fingerprint density at radius 3 is 3.05 bits per heavy atom. The van der Waals surface area contributed by atoms with Crippen molar-refractivity contribution < 1.29 is 9.72 Å². The molecule has 0 aromatic carbocycles. The molecule has 1 atom stereocenters. The molecule has 1 aliphatic heterocycles. The van der Waals surface area contributed by atoms with Crippen LogP contribution in [-0.2, 0) is 0 Å². The average molecular weight is 285 g/mol. The van der Waals surface area contributed by atoms with E-state index in [1.807, 2.05) is 6.92 Å². The van der Waals surface area contributed by atoms with E-state index >= 15 is 0 Å². The highest BCUT2D eigenvalue weighted by Crippen LogP contribution is 2.23. The SMILES string of the molecule is CC1CNCCN1C(=O)c1cc(Cl)ncc1[N+](=O)[O-]. The highest BCUT2D eigenvalue weighted by molar-refractivity contribution is 6.29. The minimum Gasteiger partial charge on any atom is -0.333 e. The maximum atomic E-state index is 12.4. The molecule has 0 radical (unpaired) electrons. The summed E-state index contributed by atoms with van der Waals surface area (Å²) in [4.78, 5) is 28.0. The molecule has 1 aliphatic rings. The lowest BCUT2D eigenvalue weighted by Gasteiger charge is -2.33. The summed E-state index contributed by atoms with van der Waals surface area (Å²) < 4.78 is 0. The summed E-state index contributed by atoms with van der Waals surface area (Å²) in [6.45, 7) is 3.73. The fourth-order valence-electron chi connectivity index (χ4n) is 2.04. The lowest BCUT2D eigenvalue weighted by Crippen LogP contribution is -2.52. The summed E-state index contributed by atoms with van der Waals surface area (Å²) in [5, 5.41) is 14.2. The molecular weight excluding hydrogens is 272 g/mol. The molecule has 1 fully saturated rings. The van der Waals surface area contributed by atoms with Crippen molar-refractivity contribution >= 4 is 23.2 Å². The highest BCUT2D eigenvalue weighted by Gasteiger charge is 2.29. The number of aromatic nitrogens is 1. The number of hydrogen-bond donors (Lipinski definition) is 1. The third-order valence-corrected chi connectivity index (χ3v) is 3.25. The van der Waals surface area contributed by atoms with Crippen molar-refractivity contribution in [3.05, 3.63) is 33.1 Å². The molecule has 0 aliphatic carbocycles. The van der Waals surface area contributed by atoms with Crippen molar-refractivity contribution in [3.63, 3.8) is 0 Å². The van der Waals surface area contributed by atoms with Crippen LogP contribution in [0, 0.1) is 10.1 Å². The first-order valence-electron chi connectivity index (χ1n) is 5.82. The van der Waals surface area contributed by atoms with Crippen LogP contribution >= 0.6 is 11.6 Å². The van der Waals surface area contributed by atoms with E-state index in [-0.39, 0.29) is 28.4 Å². The summed E-state index contributed by atoms with van der Waals surface area (Å²) in [6, 6.07) is 1.23. The number of nitro groups is 1. The zero-order valence-electron chi connectivity index (χ0n) is 10.3. The fraction of sp³-hybridized carbons (Fsp3) is 0.455. The Labute approximate surface area is 114 Å². The molecule has 0 bridgehead atoms. The molecule has 102 valence electrons. The van der Waals surface area contributed by atoms with Gasteiger partial charge in [0.2, 0.25) is 0 Å². The van der Waals surface area contributed by atoms with Crippen molar-refractivity contribution in [2.45, 2.75) is 13.0 Å². The van der Waals surface area contributed by atoms with E-state index in [0.29, 0.717) is 19.6 Å². The van der Waals surface area contributed by atoms with Crippen molar-refractivity contribution in [2.75, 3.05) is 19.6 Å². The molecule has 2 heterocycles. The van der Waals surface area contributed by atoms with E-state index in [4.69, 9.17) is 11.6 Å². The van der Waals surface area contributed by atoms with E-state index < -0.39 is 4.92 Å². The second-order valence-electron chi connectivity index (χ2n) is 4.33. The Morgan fingerprint density at radius 2 is 2.42 bits per heavy atom. The summed E-state index contributed by atoms with van der Waals surface area (Å²) in [6.07, 6.45) is 1.02. The molecule has 0 saturated carbocycles. The van der Waals surface area contributed by atoms with Gasteiger partial charge in [-0.1, -0.05) is 11.6 Å². The van der Waals surface area contributed by atoms with Gasteiger partial charge in [-0.15, -0.1) is 0 Å². The first-order valence-corrected chi connectivity index (χ1v) is 6.20. The molecule has 1 aromatic heterocycles. The standard InChI is InChI=1S/C11H13ClN4O3/c1-7-5-13-2-3-15(7)11(17)8-4-10(12)14-6-9(8)16(18)19/h4,6-7,13H,2-3,5H2,1H3. The molecule has 1 saturated heterocycles. The van der Waals surface area contributed by atoms with E-state index in [9.17, 15) is 14.9 Å². The minimum atomic E-state index is -0.622. The number of hydrogen-bond acceptors (Lipinski definition) is 5. The number of amides is 1. The number of piperazine rings is 1. The second-order valence-corrected chi connectivity index (χ2v) is 4.72. The summed E-state index contributed by atoms with van der Waals surface area (Å²) >= 11 is 5.72. The van der Waals surface area contributed by atoms with Crippen LogP contribution in [0.4, 0.5) is 5.69 Å². The van der Waals surface area contributed by atoms with Crippen LogP contribution in [0.2, 0.25) is 5.15 Å². The maximum Gasteiger partial charge on any atom is 0.300 e. The van der Waals surface area contributed by atoms with E-state index in [2.05, 4.69) is 10.3 Å². The van der Waals surface area contributed by atoms with E-state index in [1.165, 1.54) is 6.07 Å². The molecule has 1 aromatic rings. The van der Waals surface area contributed by atoms with Gasteiger partial charge < -0.3 is 10.2 Å². The van der Waals surface area contributed by atoms with Gasteiger partial charge in [-0.2, -0.15) is 0 Å². The number of pyridine rings is 1. The molecule has 8 heteroatoms. The van der Waals surface area contributed by atoms with Gasteiger partial charge in [0.05, 0.1) is 4.92 Å². The molecule has 1 unspecified atom stereocenters. The predicted molar refractivity (Wildman–Crippen MR) is 69.3 cm³/mol. The highest BCUT2D eigenvalue weighted by atomic mass is 35.5. The third-order valence-electron chi connectivity index (χ3n) is 3.04. The van der Waals surface area contributed by atoms with Gasteiger partial charge in [-0.25, -0.2) is 4.98 Å². The van der Waals surface area contributed by atoms with E-state index in [0.717, 1.165) is 6.20 Å². The number of nitrogens with one attached hydrogen (secondary N) is 1. The summed E-state index contributed by atoms with van der Waals surface area (Å²) in [7, 11) is 0. The average Bonchev–Trinajstić information content (AvgIpc) is 2.38. The van der Waals surface area contributed by atoms with Gasteiger partial charge in [0, 0.05) is 25.7 Å². The first kappa shape index (κ1) is 13.7. The summed E-state index contributed by atoms with van der Waals surface area (Å²) in [5.74, 6) is -0.384. The third kappa shape index (κ3) is 2.82. The fourth-order valence-corrected chi connectivity index (χ4v) is 2.19. The normalized spacial score (nSPS) is 19.3. The van der Waals surface area contributed by atoms with Gasteiger partial charge in [0.1, 0.15) is 16.9 Å². The van der Waals surface area contributed by atoms with E-state index in [1.54, 1.807) is 4.90 Å². The van der Waals surface area contributed by atoms with Crippen molar-refractivity contribution in [3.8, 4) is 0 Å². The zero-order chi connectivity index (χ0) is 14.0. The maximum absolute atomic E-state index is 12.4. The predicted octanol–water partition coefficient (Wildman–Crippen LogP) is 1.08. The number of carbonyl (C=O) groups is 1. The molecule has 1 N–H and O–H groups in total. The van der Waals surface area contributed by atoms with Crippen LogP contribution in [0.5, 0.6) is 0 Å². The van der Waals surface area contributed by atoms with Crippen LogP contribution in [-0.4, -0.2) is 46.4 Å². The van der Waals surface area contributed by atoms with Gasteiger partial charge in [0.25, 0.3) is 11.6 Å². The van der Waals surface area contributed by atoms with Gasteiger partial charge in [0.15, 0.2) is 0 Å². The summed E-state index contributed by atoms with van der Waals surface area (Å²) in [5.41, 5.74) is -0.334. The Kier molecular flexibility index (Phi) is 3.96. The van der Waals surface area contributed by atoms with Crippen molar-refractivity contribution in [2.24, 2.45) is 0 Å². The van der Waals surface area contributed by atoms with Crippen LogP contribution in [0.15, 0.2) is 12.3 Å². The topological polar surface area (TPSA) is 88.4 Å². The smallest absolute Gasteiger partial charge is 0.300 e. The molecule has 19 heavy (non-hydrogen) atoms. The van der Waals surface area contributed by atoms with Crippen LogP contribution in [0.25, 0.3) is 0 Å². The number of carbonyl (C=O) groups excluding carboxylic acids is 1. The van der Waals surface area contributed by atoms with Crippen LogP contribution in [0.3, 0.4) is 0 Å². The number of halogens is 1. The molecule has 1 amide bonds. The van der Waals surface area contributed by atoms with Crippen LogP contribution in [0.1, 0.15) is 17.3 Å². The minimum absolute atomic E-state index is 0.0150. The second kappa shape index (κ2) is 5.50. The van der Waals surface area contributed by atoms with Crippen molar-refractivity contribution in [1.82, 2.24) is 15.2 Å². The Balaban J connectivity index is 2.37. The van der Waals surface area contributed by atoms with Gasteiger partial charge in [-0.05, 0) is 13.0 Å². The zero-order valence-corrected chi connectivity index (χ0v) is 11.1. The first-order chi connectivity index (χ1) is 9.00. The Morgan fingerprint density at radius 1 is 1.68 bits per heavy atom. The van der Waals surface area contributed by atoms with Gasteiger partial charge in [-0.3, -0.25) is 14.9 Å². The lowest BCUT2D eigenvalue weighted by molar-refractivity contribution is -0.385. The molecule has 7 nitrogen and oxygen atoms in total. The lowest BCUT2D eigenvalue weighted by atomic mass is 10.1. The van der Waals surface area contributed by atoms with Crippen molar-refractivity contribution in [1.29, 1.82) is 0 Å². The molecule has 0 spiro atoms. The quantitative estimate of drug-likeness (QED) is 0.499. The monoisotopic (exact) mass is 284 g/mol. The molecular formula is C11H13ClN4O3. The Bertz CT molecular complexity index is 523. The largest absolute Gasteiger partial charge is 0.333 e. The number of rotatable bonds is 2. The molecule has 2 rings (SSSR count). The van der Waals surface area contributed by atoms with Crippen LogP contribution < -0.4 is 5.32 Å². The van der Waals surface area contributed by atoms with Gasteiger partial charge >= 0.3 is 0 Å².